The Labute approximate surface area is 154 Å². The van der Waals surface area contributed by atoms with Crippen molar-refractivity contribution in [1.29, 1.82) is 0 Å². The van der Waals surface area contributed by atoms with Crippen molar-refractivity contribution in [3.63, 3.8) is 0 Å². The van der Waals surface area contributed by atoms with Crippen LogP contribution >= 0.6 is 39.9 Å². The molecular weight excluding hydrogens is 398 g/mol. The van der Waals surface area contributed by atoms with E-state index >= 15 is 0 Å². The van der Waals surface area contributed by atoms with Gasteiger partial charge in [0.1, 0.15) is 15.8 Å². The summed E-state index contributed by atoms with van der Waals surface area (Å²) in [4.78, 5) is 14.8. The Morgan fingerprint density at radius 3 is 2.52 bits per heavy atom. The van der Waals surface area contributed by atoms with Gasteiger partial charge in [-0.15, -0.1) is 0 Å². The number of halogens is 1. The lowest BCUT2D eigenvalue weighted by molar-refractivity contribution is -0.122. The Bertz CT molecular complexity index is 674. The van der Waals surface area contributed by atoms with E-state index in [1.165, 1.54) is 11.8 Å². The highest BCUT2D eigenvalue weighted by atomic mass is 79.9. The molecule has 0 aliphatic carbocycles. The average Bonchev–Trinajstić information content (AvgIpc) is 2.75. The first kappa shape index (κ1) is 18.3. The Morgan fingerprint density at radius 2 is 1.96 bits per heavy atom. The van der Waals surface area contributed by atoms with Crippen LogP contribution in [-0.4, -0.2) is 35.9 Å². The predicted octanol–water partition coefficient (Wildman–Crippen LogP) is 4.32. The SMILES string of the molecule is COc1cc(OC)c(/C=C2\SC(=S)N(CC(C)C)C2=O)cc1Br. The van der Waals surface area contributed by atoms with Crippen LogP contribution in [0.15, 0.2) is 21.5 Å². The first-order chi connectivity index (χ1) is 10.9. The first-order valence-corrected chi connectivity index (χ1v) is 9.06. The fourth-order valence-electron chi connectivity index (χ4n) is 2.16. The summed E-state index contributed by atoms with van der Waals surface area (Å²) in [5.41, 5.74) is 0.797. The number of amides is 1. The second-order valence-corrected chi connectivity index (χ2v) is 7.94. The molecular formula is C16H18BrNO3S2. The number of hydrogen-bond donors (Lipinski definition) is 0. The summed E-state index contributed by atoms with van der Waals surface area (Å²) in [6, 6.07) is 3.65. The summed E-state index contributed by atoms with van der Waals surface area (Å²) in [5.74, 6) is 1.62. The van der Waals surface area contributed by atoms with Gasteiger partial charge in [0, 0.05) is 18.2 Å². The van der Waals surface area contributed by atoms with Crippen molar-refractivity contribution in [1.82, 2.24) is 4.90 Å². The highest BCUT2D eigenvalue weighted by molar-refractivity contribution is 9.10. The van der Waals surface area contributed by atoms with Crippen molar-refractivity contribution in [2.75, 3.05) is 20.8 Å². The van der Waals surface area contributed by atoms with Crippen molar-refractivity contribution in [2.45, 2.75) is 13.8 Å². The molecule has 0 radical (unpaired) electrons. The molecule has 7 heteroatoms. The third kappa shape index (κ3) is 4.08. The molecule has 1 heterocycles. The lowest BCUT2D eigenvalue weighted by atomic mass is 10.1. The van der Waals surface area contributed by atoms with Crippen LogP contribution in [0, 0.1) is 5.92 Å². The third-order valence-corrected chi connectivity index (χ3v) is 5.21. The van der Waals surface area contributed by atoms with Gasteiger partial charge in [0.15, 0.2) is 0 Å². The molecule has 0 N–H and O–H groups in total. The molecule has 4 nitrogen and oxygen atoms in total. The Kier molecular flexibility index (Phi) is 6.11. The maximum Gasteiger partial charge on any atom is 0.266 e. The van der Waals surface area contributed by atoms with Gasteiger partial charge in [0.25, 0.3) is 5.91 Å². The quantitative estimate of drug-likeness (QED) is 0.528. The second-order valence-electron chi connectivity index (χ2n) is 5.41. The van der Waals surface area contributed by atoms with Crippen LogP contribution in [0.2, 0.25) is 0 Å². The van der Waals surface area contributed by atoms with Gasteiger partial charge in [0.2, 0.25) is 0 Å². The molecule has 0 bridgehead atoms. The van der Waals surface area contributed by atoms with Crippen LogP contribution in [0.5, 0.6) is 11.5 Å². The van der Waals surface area contributed by atoms with Crippen LogP contribution in [-0.2, 0) is 4.79 Å². The number of carbonyl (C=O) groups is 1. The van der Waals surface area contributed by atoms with Gasteiger partial charge < -0.3 is 9.47 Å². The smallest absolute Gasteiger partial charge is 0.266 e. The monoisotopic (exact) mass is 415 g/mol. The first-order valence-electron chi connectivity index (χ1n) is 7.04. The van der Waals surface area contributed by atoms with Gasteiger partial charge in [0.05, 0.1) is 23.6 Å². The molecule has 1 aromatic carbocycles. The van der Waals surface area contributed by atoms with E-state index in [4.69, 9.17) is 21.7 Å². The van der Waals surface area contributed by atoms with E-state index in [9.17, 15) is 4.79 Å². The molecule has 2 rings (SSSR count). The van der Waals surface area contributed by atoms with Gasteiger partial charge in [-0.2, -0.15) is 0 Å². The van der Waals surface area contributed by atoms with Gasteiger partial charge in [-0.1, -0.05) is 37.8 Å². The molecule has 0 unspecified atom stereocenters. The number of thioether (sulfide) groups is 1. The second kappa shape index (κ2) is 7.68. The van der Waals surface area contributed by atoms with E-state index in [0.717, 1.165) is 10.0 Å². The Balaban J connectivity index is 2.37. The lowest BCUT2D eigenvalue weighted by Gasteiger charge is -2.16. The molecule has 124 valence electrons. The minimum atomic E-state index is -0.0531. The lowest BCUT2D eigenvalue weighted by Crippen LogP contribution is -2.31. The molecule has 1 aliphatic rings. The van der Waals surface area contributed by atoms with Gasteiger partial charge in [-0.3, -0.25) is 9.69 Å². The normalized spacial score (nSPS) is 16.6. The highest BCUT2D eigenvalue weighted by Crippen LogP contribution is 2.38. The number of thiocarbonyl (C=S) groups is 1. The minimum absolute atomic E-state index is 0.0531. The van der Waals surface area contributed by atoms with Gasteiger partial charge in [-0.05, 0) is 34.0 Å². The molecule has 0 saturated carbocycles. The summed E-state index contributed by atoms with van der Waals surface area (Å²) in [5, 5.41) is 0. The fraction of sp³-hybridized carbons (Fsp3) is 0.375. The van der Waals surface area contributed by atoms with Crippen LogP contribution in [0.3, 0.4) is 0 Å². The van der Waals surface area contributed by atoms with E-state index in [1.54, 1.807) is 25.2 Å². The molecule has 0 aromatic heterocycles. The van der Waals surface area contributed by atoms with E-state index in [2.05, 4.69) is 29.8 Å². The van der Waals surface area contributed by atoms with Crippen molar-refractivity contribution in [3.05, 3.63) is 27.1 Å². The zero-order valence-electron chi connectivity index (χ0n) is 13.4. The largest absolute Gasteiger partial charge is 0.496 e. The Morgan fingerprint density at radius 1 is 1.30 bits per heavy atom. The minimum Gasteiger partial charge on any atom is -0.496 e. The molecule has 0 atom stereocenters. The molecule has 1 fully saturated rings. The van der Waals surface area contributed by atoms with Gasteiger partial charge >= 0.3 is 0 Å². The number of carbonyl (C=O) groups excluding carboxylic acids is 1. The summed E-state index contributed by atoms with van der Waals surface area (Å²) >= 11 is 10.1. The summed E-state index contributed by atoms with van der Waals surface area (Å²) < 4.78 is 12.1. The van der Waals surface area contributed by atoms with E-state index < -0.39 is 0 Å². The number of methoxy groups -OCH3 is 2. The van der Waals surface area contributed by atoms with Gasteiger partial charge in [-0.25, -0.2) is 0 Å². The van der Waals surface area contributed by atoms with Crippen molar-refractivity contribution >= 4 is 56.2 Å². The summed E-state index contributed by atoms with van der Waals surface area (Å²) in [6.07, 6.45) is 1.81. The standard InChI is InChI=1S/C16H18BrNO3S2/c1-9(2)8-18-15(19)14(23-16(18)22)6-10-5-11(17)13(21-4)7-12(10)20-3/h5-7,9H,8H2,1-4H3/b14-6-. The third-order valence-electron chi connectivity index (χ3n) is 3.21. The number of hydrogen-bond acceptors (Lipinski definition) is 5. The van der Waals surface area contributed by atoms with Crippen molar-refractivity contribution in [3.8, 4) is 11.5 Å². The zero-order chi connectivity index (χ0) is 17.1. The molecule has 1 aliphatic heterocycles. The summed E-state index contributed by atoms with van der Waals surface area (Å²) in [6.45, 7) is 4.75. The highest BCUT2D eigenvalue weighted by Gasteiger charge is 2.32. The average molecular weight is 416 g/mol. The van der Waals surface area contributed by atoms with Crippen LogP contribution in [0.25, 0.3) is 6.08 Å². The van der Waals surface area contributed by atoms with Crippen molar-refractivity contribution in [2.24, 2.45) is 5.92 Å². The molecule has 1 amide bonds. The number of ether oxygens (including phenoxy) is 2. The number of nitrogens with zero attached hydrogens (tertiary/aromatic N) is 1. The maximum absolute atomic E-state index is 12.5. The van der Waals surface area contributed by atoms with Crippen LogP contribution in [0.1, 0.15) is 19.4 Å². The molecule has 1 saturated heterocycles. The fourth-order valence-corrected chi connectivity index (χ4v) is 3.95. The molecule has 23 heavy (non-hydrogen) atoms. The zero-order valence-corrected chi connectivity index (χ0v) is 16.6. The Hall–Kier alpha value is -1.05. The maximum atomic E-state index is 12.5. The van der Waals surface area contributed by atoms with E-state index in [0.29, 0.717) is 33.2 Å². The number of benzene rings is 1. The van der Waals surface area contributed by atoms with Crippen LogP contribution in [0.4, 0.5) is 0 Å². The van der Waals surface area contributed by atoms with E-state index in [-0.39, 0.29) is 5.91 Å². The topological polar surface area (TPSA) is 38.8 Å². The van der Waals surface area contributed by atoms with Crippen LogP contribution < -0.4 is 9.47 Å². The van der Waals surface area contributed by atoms with E-state index in [1.807, 2.05) is 12.1 Å². The van der Waals surface area contributed by atoms with Crippen molar-refractivity contribution < 1.29 is 14.3 Å². The summed E-state index contributed by atoms with van der Waals surface area (Å²) in [7, 11) is 3.18. The number of rotatable bonds is 5. The molecule has 1 aromatic rings. The molecule has 0 spiro atoms. The predicted molar refractivity (Wildman–Crippen MR) is 102 cm³/mol.